The van der Waals surface area contributed by atoms with Gasteiger partial charge in [-0.05, 0) is 37.3 Å². The van der Waals surface area contributed by atoms with Crippen LogP contribution in [-0.2, 0) is 14.4 Å². The van der Waals surface area contributed by atoms with Gasteiger partial charge in [0.25, 0.3) is 0 Å². The Bertz CT molecular complexity index is 821. The Kier molecular flexibility index (Phi) is 4.83. The highest BCUT2D eigenvalue weighted by atomic mass is 16.7. The number of imide groups is 1. The summed E-state index contributed by atoms with van der Waals surface area (Å²) in [6, 6.07) is 4.30. The van der Waals surface area contributed by atoms with Crippen LogP contribution in [0, 0.1) is 17.8 Å². The summed E-state index contributed by atoms with van der Waals surface area (Å²) in [5.74, 6) is -0.177. The number of allylic oxidation sites excluding steroid dienone is 2. The van der Waals surface area contributed by atoms with Gasteiger partial charge in [-0.2, -0.15) is 0 Å². The Morgan fingerprint density at radius 3 is 2.39 bits per heavy atom. The number of hydrogen-bond donors (Lipinski definition) is 1. The number of carbonyl (C=O) groups is 3. The Labute approximate surface area is 163 Å². The van der Waals surface area contributed by atoms with E-state index >= 15 is 0 Å². The van der Waals surface area contributed by atoms with Crippen molar-refractivity contribution in [1.82, 2.24) is 4.90 Å². The molecule has 28 heavy (non-hydrogen) atoms. The third kappa shape index (κ3) is 3.25. The van der Waals surface area contributed by atoms with Crippen LogP contribution in [-0.4, -0.2) is 35.5 Å². The molecular weight excluding hydrogens is 360 g/mol. The summed E-state index contributed by atoms with van der Waals surface area (Å²) in [7, 11) is 0. The Hall–Kier alpha value is -2.83. The summed E-state index contributed by atoms with van der Waals surface area (Å²) in [6.45, 7) is 4.09. The Morgan fingerprint density at radius 1 is 1.11 bits per heavy atom. The monoisotopic (exact) mass is 384 g/mol. The lowest BCUT2D eigenvalue weighted by Gasteiger charge is -2.27. The van der Waals surface area contributed by atoms with Gasteiger partial charge in [0.15, 0.2) is 11.5 Å². The maximum absolute atomic E-state index is 13.1. The summed E-state index contributed by atoms with van der Waals surface area (Å²) in [5, 5.41) is 2.84. The highest BCUT2D eigenvalue weighted by Crippen LogP contribution is 2.38. The predicted octanol–water partition coefficient (Wildman–Crippen LogP) is 2.72. The molecule has 7 nitrogen and oxygen atoms in total. The molecule has 2 aliphatic heterocycles. The van der Waals surface area contributed by atoms with Crippen LogP contribution in [0.3, 0.4) is 0 Å². The summed E-state index contributed by atoms with van der Waals surface area (Å²) in [6.07, 6.45) is 5.43. The molecule has 0 saturated carbocycles. The van der Waals surface area contributed by atoms with Crippen LogP contribution in [0.5, 0.6) is 11.5 Å². The molecule has 3 atom stereocenters. The number of nitrogens with one attached hydrogen (secondary N) is 1. The van der Waals surface area contributed by atoms with Crippen LogP contribution in [0.15, 0.2) is 30.4 Å². The van der Waals surface area contributed by atoms with E-state index in [9.17, 15) is 14.4 Å². The molecule has 7 heteroatoms. The molecule has 0 bridgehead atoms. The van der Waals surface area contributed by atoms with Gasteiger partial charge in [-0.1, -0.05) is 26.0 Å². The van der Waals surface area contributed by atoms with Gasteiger partial charge in [-0.25, -0.2) is 0 Å². The van der Waals surface area contributed by atoms with E-state index < -0.39 is 6.04 Å². The first-order chi connectivity index (χ1) is 13.5. The van der Waals surface area contributed by atoms with Gasteiger partial charge >= 0.3 is 0 Å². The molecule has 0 spiro atoms. The lowest BCUT2D eigenvalue weighted by Crippen LogP contribution is -2.48. The van der Waals surface area contributed by atoms with Gasteiger partial charge in [0.05, 0.1) is 11.8 Å². The zero-order valence-corrected chi connectivity index (χ0v) is 16.0. The number of fused-ring (bicyclic) bond motifs is 2. The number of benzene rings is 1. The molecule has 0 radical (unpaired) electrons. The first-order valence-corrected chi connectivity index (χ1v) is 9.68. The number of hydrogen-bond acceptors (Lipinski definition) is 5. The van der Waals surface area contributed by atoms with Crippen molar-refractivity contribution in [1.29, 1.82) is 0 Å². The largest absolute Gasteiger partial charge is 0.454 e. The molecule has 148 valence electrons. The van der Waals surface area contributed by atoms with Gasteiger partial charge in [-0.3, -0.25) is 19.3 Å². The zero-order valence-electron chi connectivity index (χ0n) is 16.0. The van der Waals surface area contributed by atoms with Gasteiger partial charge in [0, 0.05) is 11.8 Å². The van der Waals surface area contributed by atoms with Crippen LogP contribution < -0.4 is 14.8 Å². The summed E-state index contributed by atoms with van der Waals surface area (Å²) >= 11 is 0. The van der Waals surface area contributed by atoms with Crippen molar-refractivity contribution in [3.63, 3.8) is 0 Å². The van der Waals surface area contributed by atoms with E-state index in [0.29, 0.717) is 36.4 Å². The number of carbonyl (C=O) groups excluding carboxylic acids is 3. The molecule has 2 heterocycles. The van der Waals surface area contributed by atoms with Crippen molar-refractivity contribution in [2.45, 2.75) is 39.2 Å². The smallest absolute Gasteiger partial charge is 0.247 e. The van der Waals surface area contributed by atoms with Crippen LogP contribution in [0.1, 0.15) is 33.1 Å². The SMILES string of the molecule is CC(C)C[C@H](C(=O)Nc1ccc2c(c1)OCO2)N1C(=O)[C@H]2CC=CC[C@@H]2C1=O. The van der Waals surface area contributed by atoms with Crippen molar-refractivity contribution >= 4 is 23.4 Å². The molecule has 3 amide bonds. The average molecular weight is 384 g/mol. The molecule has 1 saturated heterocycles. The second-order valence-corrected chi connectivity index (χ2v) is 7.90. The van der Waals surface area contributed by atoms with Crippen LogP contribution in [0.25, 0.3) is 0 Å². The number of ether oxygens (including phenoxy) is 2. The number of rotatable bonds is 5. The van der Waals surface area contributed by atoms with Crippen molar-refractivity contribution in [3.8, 4) is 11.5 Å². The standard InChI is InChI=1S/C21H24N2O5/c1-12(2)9-16(23-20(25)14-5-3-4-6-15(14)21(23)26)19(24)22-13-7-8-17-18(10-13)28-11-27-17/h3-4,7-8,10,12,14-16H,5-6,9,11H2,1-2H3,(H,22,24)/t14-,15-,16+/m0/s1. The molecule has 0 unspecified atom stereocenters. The zero-order chi connectivity index (χ0) is 19.8. The van der Waals surface area contributed by atoms with E-state index in [2.05, 4.69) is 5.32 Å². The van der Waals surface area contributed by atoms with Crippen LogP contribution >= 0.6 is 0 Å². The topological polar surface area (TPSA) is 84.9 Å². The van der Waals surface area contributed by atoms with E-state index in [1.807, 2.05) is 26.0 Å². The highest BCUT2D eigenvalue weighted by Gasteiger charge is 2.51. The molecule has 0 aromatic heterocycles. The van der Waals surface area contributed by atoms with E-state index in [1.165, 1.54) is 4.90 Å². The Balaban J connectivity index is 1.56. The third-order valence-corrected chi connectivity index (χ3v) is 5.49. The van der Waals surface area contributed by atoms with Gasteiger partial charge < -0.3 is 14.8 Å². The second-order valence-electron chi connectivity index (χ2n) is 7.90. The minimum Gasteiger partial charge on any atom is -0.454 e. The average Bonchev–Trinajstić information content (AvgIpc) is 3.23. The molecular formula is C21H24N2O5. The minimum absolute atomic E-state index is 0.147. The lowest BCUT2D eigenvalue weighted by molar-refractivity contribution is -0.147. The molecule has 1 N–H and O–H groups in total. The molecule has 1 aliphatic carbocycles. The molecule has 1 aromatic carbocycles. The quantitative estimate of drug-likeness (QED) is 0.623. The molecule has 3 aliphatic rings. The maximum atomic E-state index is 13.1. The molecule has 1 fully saturated rings. The number of amides is 3. The van der Waals surface area contributed by atoms with Crippen LogP contribution in [0.2, 0.25) is 0 Å². The Morgan fingerprint density at radius 2 is 1.75 bits per heavy atom. The summed E-state index contributed by atoms with van der Waals surface area (Å²) in [5.41, 5.74) is 0.543. The van der Waals surface area contributed by atoms with E-state index in [0.717, 1.165) is 0 Å². The first kappa shape index (κ1) is 18.5. The van der Waals surface area contributed by atoms with Crippen molar-refractivity contribution in [3.05, 3.63) is 30.4 Å². The van der Waals surface area contributed by atoms with Crippen molar-refractivity contribution in [2.24, 2.45) is 17.8 Å². The maximum Gasteiger partial charge on any atom is 0.247 e. The van der Waals surface area contributed by atoms with E-state index in [-0.39, 0.29) is 42.3 Å². The highest BCUT2D eigenvalue weighted by molar-refractivity contribution is 6.10. The van der Waals surface area contributed by atoms with Gasteiger partial charge in [-0.15, -0.1) is 0 Å². The number of anilines is 1. The van der Waals surface area contributed by atoms with E-state index in [1.54, 1.807) is 18.2 Å². The van der Waals surface area contributed by atoms with Crippen molar-refractivity contribution in [2.75, 3.05) is 12.1 Å². The molecule has 1 aromatic rings. The fraction of sp³-hybridized carbons (Fsp3) is 0.476. The van der Waals surface area contributed by atoms with Crippen molar-refractivity contribution < 1.29 is 23.9 Å². The van der Waals surface area contributed by atoms with Gasteiger partial charge in [0.2, 0.25) is 24.5 Å². The predicted molar refractivity (Wildman–Crippen MR) is 102 cm³/mol. The summed E-state index contributed by atoms with van der Waals surface area (Å²) < 4.78 is 10.6. The van der Waals surface area contributed by atoms with Gasteiger partial charge in [0.1, 0.15) is 6.04 Å². The molecule has 4 rings (SSSR count). The lowest BCUT2D eigenvalue weighted by atomic mass is 9.85. The third-order valence-electron chi connectivity index (χ3n) is 5.49. The summed E-state index contributed by atoms with van der Waals surface area (Å²) in [4.78, 5) is 40.2. The van der Waals surface area contributed by atoms with Crippen LogP contribution in [0.4, 0.5) is 5.69 Å². The minimum atomic E-state index is -0.823. The number of likely N-dealkylation sites (tertiary alicyclic amines) is 1. The fourth-order valence-corrected chi connectivity index (χ4v) is 4.11. The first-order valence-electron chi connectivity index (χ1n) is 9.68. The number of nitrogens with zero attached hydrogens (tertiary/aromatic N) is 1. The second kappa shape index (κ2) is 7.30. The normalized spacial score (nSPS) is 23.9. The van der Waals surface area contributed by atoms with E-state index in [4.69, 9.17) is 9.47 Å². The fourth-order valence-electron chi connectivity index (χ4n) is 4.11.